The number of carbonyl (C=O) groups is 1. The number of anilines is 2. The molecular formula is C14H23N3O2. The molecule has 0 aliphatic rings. The summed E-state index contributed by atoms with van der Waals surface area (Å²) >= 11 is 0. The molecule has 6 N–H and O–H groups in total. The van der Waals surface area contributed by atoms with Gasteiger partial charge in [-0.2, -0.15) is 0 Å². The van der Waals surface area contributed by atoms with Crippen LogP contribution in [0, 0.1) is 0 Å². The number of nitrogens with two attached hydrogens (primary N) is 2. The summed E-state index contributed by atoms with van der Waals surface area (Å²) in [5, 5.41) is 12.5. The van der Waals surface area contributed by atoms with Gasteiger partial charge in [-0.1, -0.05) is 19.9 Å². The fourth-order valence-corrected chi connectivity index (χ4v) is 2.03. The van der Waals surface area contributed by atoms with E-state index in [1.165, 1.54) is 6.07 Å². The lowest BCUT2D eigenvalue weighted by Crippen LogP contribution is -2.30. The number of carboxylic acids is 1. The van der Waals surface area contributed by atoms with Crippen LogP contribution in [0.5, 0.6) is 0 Å². The van der Waals surface area contributed by atoms with Crippen molar-refractivity contribution in [3.63, 3.8) is 0 Å². The van der Waals surface area contributed by atoms with Gasteiger partial charge in [-0.25, -0.2) is 4.79 Å². The maximum atomic E-state index is 11.0. The highest BCUT2D eigenvalue weighted by Gasteiger charge is 2.19. The second kappa shape index (κ2) is 6.43. The first-order valence-electron chi connectivity index (χ1n) is 6.59. The number of benzene rings is 1. The second-order valence-corrected chi connectivity index (χ2v) is 4.77. The van der Waals surface area contributed by atoms with Crippen molar-refractivity contribution in [3.05, 3.63) is 23.3 Å². The van der Waals surface area contributed by atoms with Crippen LogP contribution in [-0.2, 0) is 0 Å². The van der Waals surface area contributed by atoms with E-state index in [1.807, 2.05) is 0 Å². The van der Waals surface area contributed by atoms with Crippen molar-refractivity contribution in [2.75, 3.05) is 11.5 Å². The normalized spacial score (nSPS) is 14.1. The van der Waals surface area contributed by atoms with Crippen molar-refractivity contribution in [1.82, 2.24) is 5.32 Å². The highest BCUT2D eigenvalue weighted by molar-refractivity contribution is 5.97. The number of hydrogen-bond donors (Lipinski definition) is 4. The molecule has 0 aliphatic carbocycles. The standard InChI is InChI=1S/C14H23N3O2/c1-4-8(3)17-11(5-2)9-6-7-10(14(18)19)13(16)12(9)15/h6-8,11,17H,4-5,15-16H2,1-3H3,(H,18,19). The van der Waals surface area contributed by atoms with Gasteiger partial charge in [0.15, 0.2) is 0 Å². The van der Waals surface area contributed by atoms with Gasteiger partial charge >= 0.3 is 5.97 Å². The SMILES string of the molecule is CCC(C)NC(CC)c1ccc(C(=O)O)c(N)c1N. The summed E-state index contributed by atoms with van der Waals surface area (Å²) in [5.74, 6) is -1.06. The molecular weight excluding hydrogens is 242 g/mol. The van der Waals surface area contributed by atoms with Crippen LogP contribution >= 0.6 is 0 Å². The molecule has 0 heterocycles. The molecule has 1 aromatic carbocycles. The Kier molecular flexibility index (Phi) is 5.18. The number of nitrogen functional groups attached to an aromatic ring is 2. The second-order valence-electron chi connectivity index (χ2n) is 4.77. The maximum Gasteiger partial charge on any atom is 0.337 e. The van der Waals surface area contributed by atoms with Crippen LogP contribution < -0.4 is 16.8 Å². The molecule has 0 amide bonds. The number of rotatable bonds is 6. The first kappa shape index (κ1) is 15.3. The van der Waals surface area contributed by atoms with E-state index < -0.39 is 5.97 Å². The Morgan fingerprint density at radius 3 is 2.37 bits per heavy atom. The van der Waals surface area contributed by atoms with Gasteiger partial charge in [-0.3, -0.25) is 0 Å². The molecule has 1 aromatic rings. The third-order valence-electron chi connectivity index (χ3n) is 3.43. The van der Waals surface area contributed by atoms with Crippen molar-refractivity contribution < 1.29 is 9.90 Å². The molecule has 0 fully saturated rings. The summed E-state index contributed by atoms with van der Waals surface area (Å²) in [6, 6.07) is 3.72. The lowest BCUT2D eigenvalue weighted by atomic mass is 9.98. The van der Waals surface area contributed by atoms with Crippen LogP contribution in [0.4, 0.5) is 11.4 Å². The monoisotopic (exact) mass is 265 g/mol. The number of hydrogen-bond acceptors (Lipinski definition) is 4. The molecule has 1 rings (SSSR count). The average molecular weight is 265 g/mol. The number of nitrogens with one attached hydrogen (secondary N) is 1. The van der Waals surface area contributed by atoms with Crippen molar-refractivity contribution in [2.24, 2.45) is 0 Å². The summed E-state index contributed by atoms with van der Waals surface area (Å²) < 4.78 is 0. The lowest BCUT2D eigenvalue weighted by Gasteiger charge is -2.24. The molecule has 2 atom stereocenters. The summed E-state index contributed by atoms with van der Waals surface area (Å²) in [5.41, 5.74) is 13.2. The van der Waals surface area contributed by atoms with Crippen LogP contribution in [0.2, 0.25) is 0 Å². The van der Waals surface area contributed by atoms with Gasteiger partial charge in [0.2, 0.25) is 0 Å². The van der Waals surface area contributed by atoms with Crippen molar-refractivity contribution in [3.8, 4) is 0 Å². The van der Waals surface area contributed by atoms with Gasteiger partial charge in [-0.05, 0) is 31.4 Å². The zero-order valence-corrected chi connectivity index (χ0v) is 11.7. The van der Waals surface area contributed by atoms with E-state index in [0.29, 0.717) is 11.7 Å². The molecule has 0 saturated carbocycles. The Labute approximate surface area is 114 Å². The molecule has 2 unspecified atom stereocenters. The van der Waals surface area contributed by atoms with E-state index in [4.69, 9.17) is 16.6 Å². The predicted molar refractivity (Wildman–Crippen MR) is 78.1 cm³/mol. The first-order valence-corrected chi connectivity index (χ1v) is 6.59. The van der Waals surface area contributed by atoms with Crippen molar-refractivity contribution in [1.29, 1.82) is 0 Å². The molecule has 0 saturated heterocycles. The quantitative estimate of drug-likeness (QED) is 0.592. The van der Waals surface area contributed by atoms with Gasteiger partial charge in [0.1, 0.15) is 0 Å². The van der Waals surface area contributed by atoms with Gasteiger partial charge < -0.3 is 21.9 Å². The van der Waals surface area contributed by atoms with Gasteiger partial charge in [0.05, 0.1) is 16.9 Å². The van der Waals surface area contributed by atoms with E-state index >= 15 is 0 Å². The van der Waals surface area contributed by atoms with E-state index in [9.17, 15) is 4.79 Å². The van der Waals surface area contributed by atoms with Gasteiger partial charge in [0, 0.05) is 12.1 Å². The average Bonchev–Trinajstić information content (AvgIpc) is 2.38. The van der Waals surface area contributed by atoms with Crippen LogP contribution in [0.25, 0.3) is 0 Å². The van der Waals surface area contributed by atoms with Crippen LogP contribution in [0.3, 0.4) is 0 Å². The smallest absolute Gasteiger partial charge is 0.337 e. The zero-order valence-electron chi connectivity index (χ0n) is 11.7. The van der Waals surface area contributed by atoms with E-state index in [-0.39, 0.29) is 17.3 Å². The summed E-state index contributed by atoms with van der Waals surface area (Å²) in [6.45, 7) is 6.27. The van der Waals surface area contributed by atoms with Gasteiger partial charge in [-0.15, -0.1) is 0 Å². The highest BCUT2D eigenvalue weighted by atomic mass is 16.4. The highest BCUT2D eigenvalue weighted by Crippen LogP contribution is 2.30. The molecule has 5 nitrogen and oxygen atoms in total. The van der Waals surface area contributed by atoms with Crippen molar-refractivity contribution >= 4 is 17.3 Å². The largest absolute Gasteiger partial charge is 0.478 e. The van der Waals surface area contributed by atoms with E-state index in [2.05, 4.69) is 26.1 Å². The number of aromatic carboxylic acids is 1. The summed E-state index contributed by atoms with van der Waals surface area (Å²) in [6.07, 6.45) is 1.87. The summed E-state index contributed by atoms with van der Waals surface area (Å²) in [7, 11) is 0. The molecule has 0 aromatic heterocycles. The molecule has 5 heteroatoms. The Bertz CT molecular complexity index is 460. The topological polar surface area (TPSA) is 101 Å². The predicted octanol–water partition coefficient (Wildman–Crippen LogP) is 2.39. The number of carboxylic acid groups (broad SMARTS) is 1. The minimum Gasteiger partial charge on any atom is -0.478 e. The Balaban J connectivity index is 3.12. The fourth-order valence-electron chi connectivity index (χ4n) is 2.03. The van der Waals surface area contributed by atoms with Crippen molar-refractivity contribution in [2.45, 2.75) is 45.7 Å². The first-order chi connectivity index (χ1) is 8.92. The molecule has 0 aliphatic heterocycles. The van der Waals surface area contributed by atoms with Crippen LogP contribution in [0.1, 0.15) is 55.6 Å². The Morgan fingerprint density at radius 2 is 1.89 bits per heavy atom. The minimum absolute atomic E-state index is 0.0552. The molecule has 0 spiro atoms. The van der Waals surface area contributed by atoms with Crippen LogP contribution in [-0.4, -0.2) is 17.1 Å². The Morgan fingerprint density at radius 1 is 1.26 bits per heavy atom. The van der Waals surface area contributed by atoms with E-state index in [0.717, 1.165) is 18.4 Å². The minimum atomic E-state index is -1.06. The molecule has 106 valence electrons. The molecule has 0 bridgehead atoms. The molecule has 0 radical (unpaired) electrons. The molecule has 19 heavy (non-hydrogen) atoms. The Hall–Kier alpha value is -1.75. The fraction of sp³-hybridized carbons (Fsp3) is 0.500. The lowest BCUT2D eigenvalue weighted by molar-refractivity contribution is 0.0698. The summed E-state index contributed by atoms with van der Waals surface area (Å²) in [4.78, 5) is 11.0. The zero-order chi connectivity index (χ0) is 14.6. The van der Waals surface area contributed by atoms with Gasteiger partial charge in [0.25, 0.3) is 0 Å². The third-order valence-corrected chi connectivity index (χ3v) is 3.43. The van der Waals surface area contributed by atoms with Crippen LogP contribution in [0.15, 0.2) is 12.1 Å². The van der Waals surface area contributed by atoms with E-state index in [1.54, 1.807) is 6.07 Å². The third kappa shape index (κ3) is 3.38. The maximum absolute atomic E-state index is 11.0.